The van der Waals surface area contributed by atoms with Gasteiger partial charge in [-0.25, -0.2) is 9.59 Å². The quantitative estimate of drug-likeness (QED) is 0.505. The Morgan fingerprint density at radius 1 is 1.18 bits per heavy atom. The summed E-state index contributed by atoms with van der Waals surface area (Å²) in [6.07, 6.45) is 1.58. The van der Waals surface area contributed by atoms with Crippen LogP contribution in [0.25, 0.3) is 0 Å². The molecule has 1 unspecified atom stereocenters. The van der Waals surface area contributed by atoms with Crippen LogP contribution in [-0.2, 0) is 4.79 Å². The Hall–Kier alpha value is -3.66. The van der Waals surface area contributed by atoms with Crippen LogP contribution in [0.5, 0.6) is 5.75 Å². The van der Waals surface area contributed by atoms with Crippen molar-refractivity contribution in [1.29, 1.82) is 0 Å². The Kier molecular flexibility index (Phi) is 9.17. The maximum Gasteiger partial charge on any atom is 0.337 e. The topological polar surface area (TPSA) is 138 Å². The smallest absolute Gasteiger partial charge is 0.337 e. The fraction of sp³-hybridized carbons (Fsp3) is 0.318. The molecule has 33 heavy (non-hydrogen) atoms. The van der Waals surface area contributed by atoms with Crippen LogP contribution in [0.15, 0.2) is 36.5 Å². The molecular weight excluding hydrogens is 452 g/mol. The van der Waals surface area contributed by atoms with Crippen molar-refractivity contribution in [3.8, 4) is 5.75 Å². The van der Waals surface area contributed by atoms with Gasteiger partial charge in [0.1, 0.15) is 12.3 Å². The Morgan fingerprint density at radius 3 is 2.45 bits per heavy atom. The average molecular weight is 477 g/mol. The highest BCUT2D eigenvalue weighted by Crippen LogP contribution is 2.24. The number of carbonyl (C=O) groups is 4. The maximum absolute atomic E-state index is 13.2. The average Bonchev–Trinajstić information content (AvgIpc) is 2.80. The van der Waals surface area contributed by atoms with Crippen molar-refractivity contribution in [2.45, 2.75) is 26.3 Å². The third-order valence-corrected chi connectivity index (χ3v) is 4.89. The number of benzene rings is 1. The number of aromatic nitrogens is 1. The van der Waals surface area contributed by atoms with Crippen molar-refractivity contribution in [3.63, 3.8) is 0 Å². The lowest BCUT2D eigenvalue weighted by Gasteiger charge is -2.25. The summed E-state index contributed by atoms with van der Waals surface area (Å²) in [5.74, 6) is -2.24. The predicted octanol–water partition coefficient (Wildman–Crippen LogP) is 2.88. The Morgan fingerprint density at radius 2 is 1.91 bits per heavy atom. The van der Waals surface area contributed by atoms with Crippen LogP contribution in [0.1, 0.15) is 52.7 Å². The number of carbonyl (C=O) groups excluding carboxylic acids is 3. The minimum absolute atomic E-state index is 0.000946. The second-order valence-electron chi connectivity index (χ2n) is 6.88. The molecule has 176 valence electrons. The van der Waals surface area contributed by atoms with E-state index >= 15 is 0 Å². The molecule has 11 heteroatoms. The van der Waals surface area contributed by atoms with E-state index in [2.05, 4.69) is 15.6 Å². The van der Waals surface area contributed by atoms with E-state index in [0.29, 0.717) is 18.7 Å². The first-order valence-electron chi connectivity index (χ1n) is 10.1. The monoisotopic (exact) mass is 476 g/mol. The van der Waals surface area contributed by atoms with Crippen LogP contribution >= 0.6 is 11.6 Å². The van der Waals surface area contributed by atoms with Crippen molar-refractivity contribution < 1.29 is 29.0 Å². The van der Waals surface area contributed by atoms with E-state index in [9.17, 15) is 19.2 Å². The van der Waals surface area contributed by atoms with Gasteiger partial charge in [0.05, 0.1) is 30.0 Å². The van der Waals surface area contributed by atoms with Gasteiger partial charge >= 0.3 is 12.0 Å². The highest BCUT2D eigenvalue weighted by atomic mass is 35.5. The molecule has 0 radical (unpaired) electrons. The van der Waals surface area contributed by atoms with Crippen molar-refractivity contribution in [2.24, 2.45) is 0 Å². The van der Waals surface area contributed by atoms with Crippen molar-refractivity contribution in [1.82, 2.24) is 20.5 Å². The molecule has 10 nitrogen and oxygen atoms in total. The highest BCUT2D eigenvalue weighted by Gasteiger charge is 2.29. The third-order valence-electron chi connectivity index (χ3n) is 4.65. The summed E-state index contributed by atoms with van der Waals surface area (Å²) in [7, 11) is 1.37. The number of aromatic carboxylic acids is 1. The zero-order valence-electron chi connectivity index (χ0n) is 18.4. The number of methoxy groups -OCH3 is 1. The molecule has 3 N–H and O–H groups in total. The molecule has 2 aromatic rings. The number of imide groups is 1. The van der Waals surface area contributed by atoms with Gasteiger partial charge in [0.2, 0.25) is 5.91 Å². The van der Waals surface area contributed by atoms with E-state index in [0.717, 1.165) is 4.90 Å². The highest BCUT2D eigenvalue weighted by molar-refractivity contribution is 6.31. The van der Waals surface area contributed by atoms with Crippen LogP contribution in [0.4, 0.5) is 4.79 Å². The minimum Gasteiger partial charge on any atom is -0.496 e. The molecule has 0 saturated heterocycles. The summed E-state index contributed by atoms with van der Waals surface area (Å²) in [5, 5.41) is 14.5. The van der Waals surface area contributed by atoms with Gasteiger partial charge in [-0.05, 0) is 43.7 Å². The number of hydrogen-bond donors (Lipinski definition) is 3. The molecule has 0 spiro atoms. The first kappa shape index (κ1) is 25.6. The molecule has 0 saturated carbocycles. The SMILES string of the molecule is CCNC(=O)CN(C(=O)NC(CC)c1ccc(C(=O)O)cn1)C(=O)c1cc(Cl)ccc1OC. The summed E-state index contributed by atoms with van der Waals surface area (Å²) in [6.45, 7) is 3.29. The minimum atomic E-state index is -1.12. The molecule has 0 fully saturated rings. The first-order valence-corrected chi connectivity index (χ1v) is 10.5. The van der Waals surface area contributed by atoms with E-state index in [1.54, 1.807) is 13.8 Å². The summed E-state index contributed by atoms with van der Waals surface area (Å²) < 4.78 is 5.21. The molecule has 0 aliphatic heterocycles. The zero-order chi connectivity index (χ0) is 24.5. The van der Waals surface area contributed by atoms with E-state index in [-0.39, 0.29) is 21.9 Å². The summed E-state index contributed by atoms with van der Waals surface area (Å²) >= 11 is 6.02. The zero-order valence-corrected chi connectivity index (χ0v) is 19.2. The van der Waals surface area contributed by atoms with Crippen LogP contribution in [0.2, 0.25) is 5.02 Å². The standard InChI is InChI=1S/C22H25ClN4O6/c1-4-16(17-8-6-13(11-25-17)21(30)31)26-22(32)27(12-19(28)24-5-2)20(29)15-10-14(23)7-9-18(15)33-3/h6-11,16H,4-5,12H2,1-3H3,(H,24,28)(H,26,32)(H,30,31). The molecular formula is C22H25ClN4O6. The van der Waals surface area contributed by atoms with E-state index in [4.69, 9.17) is 21.4 Å². The number of pyridine rings is 1. The van der Waals surface area contributed by atoms with Gasteiger partial charge in [-0.2, -0.15) is 0 Å². The Labute approximate surface area is 195 Å². The van der Waals surface area contributed by atoms with Gasteiger partial charge in [0, 0.05) is 17.8 Å². The first-order chi connectivity index (χ1) is 15.7. The Bertz CT molecular complexity index is 1030. The van der Waals surface area contributed by atoms with Gasteiger partial charge < -0.3 is 20.5 Å². The number of rotatable bonds is 9. The molecule has 1 aromatic carbocycles. The number of halogens is 1. The fourth-order valence-corrected chi connectivity index (χ4v) is 3.15. The van der Waals surface area contributed by atoms with E-state index in [1.807, 2.05) is 0 Å². The lowest BCUT2D eigenvalue weighted by atomic mass is 10.1. The normalized spacial score (nSPS) is 11.3. The van der Waals surface area contributed by atoms with Crippen LogP contribution in [-0.4, -0.2) is 59.0 Å². The molecule has 0 bridgehead atoms. The van der Waals surface area contributed by atoms with Gasteiger partial charge in [-0.1, -0.05) is 18.5 Å². The number of hydrogen-bond acceptors (Lipinski definition) is 6. The van der Waals surface area contributed by atoms with Gasteiger partial charge in [0.15, 0.2) is 0 Å². The number of nitrogens with zero attached hydrogens (tertiary/aromatic N) is 2. The maximum atomic E-state index is 13.2. The van der Waals surface area contributed by atoms with Crippen LogP contribution in [0, 0.1) is 0 Å². The number of carboxylic acids is 1. The van der Waals surface area contributed by atoms with Crippen molar-refractivity contribution in [2.75, 3.05) is 20.2 Å². The number of carboxylic acid groups (broad SMARTS) is 1. The van der Waals surface area contributed by atoms with E-state index in [1.165, 1.54) is 43.6 Å². The predicted molar refractivity (Wildman–Crippen MR) is 120 cm³/mol. The second-order valence-corrected chi connectivity index (χ2v) is 7.31. The third kappa shape index (κ3) is 6.66. The summed E-state index contributed by atoms with van der Waals surface area (Å²) in [5.41, 5.74) is 0.420. The van der Waals surface area contributed by atoms with Gasteiger partial charge in [-0.3, -0.25) is 19.5 Å². The summed E-state index contributed by atoms with van der Waals surface area (Å²) in [4.78, 5) is 54.5. The molecule has 0 aliphatic carbocycles. The lowest BCUT2D eigenvalue weighted by Crippen LogP contribution is -2.49. The van der Waals surface area contributed by atoms with Crippen LogP contribution < -0.4 is 15.4 Å². The van der Waals surface area contributed by atoms with Crippen LogP contribution in [0.3, 0.4) is 0 Å². The number of likely N-dealkylation sites (N-methyl/N-ethyl adjacent to an activating group) is 1. The number of ether oxygens (including phenoxy) is 1. The van der Waals surface area contributed by atoms with Gasteiger partial charge in [0.25, 0.3) is 5.91 Å². The van der Waals surface area contributed by atoms with E-state index < -0.39 is 36.4 Å². The lowest BCUT2D eigenvalue weighted by molar-refractivity contribution is -0.121. The summed E-state index contributed by atoms with van der Waals surface area (Å²) in [6, 6.07) is 5.76. The van der Waals surface area contributed by atoms with Crippen molar-refractivity contribution >= 4 is 35.4 Å². The molecule has 0 aliphatic rings. The van der Waals surface area contributed by atoms with Crippen molar-refractivity contribution in [3.05, 3.63) is 58.4 Å². The van der Waals surface area contributed by atoms with Gasteiger partial charge in [-0.15, -0.1) is 0 Å². The molecule has 1 heterocycles. The Balaban J connectivity index is 2.34. The molecule has 2 rings (SSSR count). The second kappa shape index (κ2) is 11.8. The molecule has 1 aromatic heterocycles. The number of nitrogens with one attached hydrogen (secondary N) is 2. The molecule has 4 amide bonds. The number of amides is 4. The largest absolute Gasteiger partial charge is 0.496 e. The molecule has 1 atom stereocenters. The fourth-order valence-electron chi connectivity index (χ4n) is 2.98. The number of urea groups is 1.